The average molecular weight is 423 g/mol. The van der Waals surface area contributed by atoms with Gasteiger partial charge in [0.1, 0.15) is 11.5 Å². The van der Waals surface area contributed by atoms with E-state index in [1.54, 1.807) is 32.4 Å². The summed E-state index contributed by atoms with van der Waals surface area (Å²) in [6.07, 6.45) is 0.795. The molecule has 30 heavy (non-hydrogen) atoms. The molecule has 0 fully saturated rings. The van der Waals surface area contributed by atoms with Gasteiger partial charge in [-0.3, -0.25) is 0 Å². The van der Waals surface area contributed by atoms with Gasteiger partial charge in [0.25, 0.3) is 0 Å². The van der Waals surface area contributed by atoms with E-state index < -0.39 is 0 Å². The number of nitrogens with zero attached hydrogens (tertiary/aromatic N) is 1. The Labute approximate surface area is 181 Å². The summed E-state index contributed by atoms with van der Waals surface area (Å²) < 4.78 is 10.7. The molecule has 0 aromatic heterocycles. The summed E-state index contributed by atoms with van der Waals surface area (Å²) >= 11 is 6.10. The molecule has 1 aliphatic heterocycles. The van der Waals surface area contributed by atoms with Crippen LogP contribution < -0.4 is 14.8 Å². The second-order valence-electron chi connectivity index (χ2n) is 7.09. The Kier molecular flexibility index (Phi) is 5.81. The molecule has 0 unspecified atom stereocenters. The standard InChI is InChI=1S/C24H23ClN2O3/c1-29-19-11-12-22(30-2)21(15-19)26-24(28)27-14-13-16-5-3-4-6-20(16)23(27)17-7-9-18(25)10-8-17/h3-12,15,23H,13-14H2,1-2H3,(H,26,28)/t23-/m0/s1. The molecule has 3 aromatic rings. The highest BCUT2D eigenvalue weighted by molar-refractivity contribution is 6.30. The van der Waals surface area contributed by atoms with Crippen molar-refractivity contribution < 1.29 is 14.3 Å². The lowest BCUT2D eigenvalue weighted by atomic mass is 9.88. The average Bonchev–Trinajstić information content (AvgIpc) is 2.78. The van der Waals surface area contributed by atoms with Crippen molar-refractivity contribution >= 4 is 23.3 Å². The van der Waals surface area contributed by atoms with Crippen molar-refractivity contribution in [1.29, 1.82) is 0 Å². The van der Waals surface area contributed by atoms with Crippen LogP contribution in [-0.4, -0.2) is 31.7 Å². The molecule has 1 atom stereocenters. The van der Waals surface area contributed by atoms with Crippen LogP contribution in [0.25, 0.3) is 0 Å². The summed E-state index contributed by atoms with van der Waals surface area (Å²) in [5.41, 5.74) is 3.95. The first-order valence-corrected chi connectivity index (χ1v) is 10.1. The third kappa shape index (κ3) is 3.94. The minimum Gasteiger partial charge on any atom is -0.497 e. The van der Waals surface area contributed by atoms with Crippen LogP contribution in [0.3, 0.4) is 0 Å². The van der Waals surface area contributed by atoms with Crippen molar-refractivity contribution in [1.82, 2.24) is 4.90 Å². The zero-order valence-electron chi connectivity index (χ0n) is 16.9. The summed E-state index contributed by atoms with van der Waals surface area (Å²) in [6, 6.07) is 20.8. The third-order valence-corrected chi connectivity index (χ3v) is 5.63. The molecule has 6 heteroatoms. The van der Waals surface area contributed by atoms with Crippen molar-refractivity contribution in [3.05, 3.63) is 88.4 Å². The number of rotatable bonds is 4. The van der Waals surface area contributed by atoms with Crippen molar-refractivity contribution in [2.75, 3.05) is 26.1 Å². The number of hydrogen-bond acceptors (Lipinski definition) is 3. The molecule has 0 saturated heterocycles. The number of nitrogens with one attached hydrogen (secondary N) is 1. The molecule has 1 aliphatic rings. The van der Waals surface area contributed by atoms with Gasteiger partial charge in [0.05, 0.1) is 25.9 Å². The second kappa shape index (κ2) is 8.67. The van der Waals surface area contributed by atoms with Gasteiger partial charge in [-0.1, -0.05) is 48.0 Å². The van der Waals surface area contributed by atoms with E-state index in [4.69, 9.17) is 21.1 Å². The van der Waals surface area contributed by atoms with Crippen molar-refractivity contribution in [3.63, 3.8) is 0 Å². The molecule has 0 aliphatic carbocycles. The Morgan fingerprint density at radius 2 is 1.80 bits per heavy atom. The molecule has 5 nitrogen and oxygen atoms in total. The number of fused-ring (bicyclic) bond motifs is 1. The zero-order chi connectivity index (χ0) is 21.1. The maximum absolute atomic E-state index is 13.4. The van der Waals surface area contributed by atoms with Crippen LogP contribution in [0.2, 0.25) is 5.02 Å². The number of benzene rings is 3. The summed E-state index contributed by atoms with van der Waals surface area (Å²) in [5, 5.41) is 3.67. The number of anilines is 1. The predicted octanol–water partition coefficient (Wildman–Crippen LogP) is 5.54. The Balaban J connectivity index is 1.70. The maximum Gasteiger partial charge on any atom is 0.322 e. The van der Waals surface area contributed by atoms with Crippen LogP contribution >= 0.6 is 11.6 Å². The number of hydrogen-bond donors (Lipinski definition) is 1. The number of carbonyl (C=O) groups is 1. The van der Waals surface area contributed by atoms with E-state index in [9.17, 15) is 4.79 Å². The fourth-order valence-electron chi connectivity index (χ4n) is 3.89. The van der Waals surface area contributed by atoms with E-state index in [0.29, 0.717) is 28.8 Å². The van der Waals surface area contributed by atoms with Crippen LogP contribution in [0.5, 0.6) is 11.5 Å². The van der Waals surface area contributed by atoms with Gasteiger partial charge in [0.2, 0.25) is 0 Å². The highest BCUT2D eigenvalue weighted by Gasteiger charge is 2.32. The summed E-state index contributed by atoms with van der Waals surface area (Å²) in [5.74, 6) is 1.22. The Morgan fingerprint density at radius 3 is 2.53 bits per heavy atom. The first kappa shape index (κ1) is 20.1. The SMILES string of the molecule is COc1ccc(OC)c(NC(=O)N2CCc3ccccc3[C@@H]2c2ccc(Cl)cc2)c1. The van der Waals surface area contributed by atoms with E-state index >= 15 is 0 Å². The van der Waals surface area contributed by atoms with Gasteiger partial charge in [-0.05, 0) is 47.4 Å². The van der Waals surface area contributed by atoms with Gasteiger partial charge in [0.15, 0.2) is 0 Å². The van der Waals surface area contributed by atoms with Gasteiger partial charge >= 0.3 is 6.03 Å². The molecule has 2 amide bonds. The van der Waals surface area contributed by atoms with Gasteiger partial charge in [0, 0.05) is 17.6 Å². The van der Waals surface area contributed by atoms with Crippen molar-refractivity contribution in [3.8, 4) is 11.5 Å². The number of carbonyl (C=O) groups excluding carboxylic acids is 1. The highest BCUT2D eigenvalue weighted by Crippen LogP contribution is 2.37. The van der Waals surface area contributed by atoms with Crippen molar-refractivity contribution in [2.24, 2.45) is 0 Å². The number of ether oxygens (including phenoxy) is 2. The zero-order valence-corrected chi connectivity index (χ0v) is 17.6. The molecule has 0 saturated carbocycles. The largest absolute Gasteiger partial charge is 0.497 e. The predicted molar refractivity (Wildman–Crippen MR) is 119 cm³/mol. The summed E-state index contributed by atoms with van der Waals surface area (Å²) in [4.78, 5) is 15.2. The molecule has 0 spiro atoms. The molecule has 3 aromatic carbocycles. The van der Waals surface area contributed by atoms with E-state index in [1.807, 2.05) is 41.3 Å². The van der Waals surface area contributed by atoms with E-state index in [0.717, 1.165) is 17.5 Å². The first-order chi connectivity index (χ1) is 14.6. The highest BCUT2D eigenvalue weighted by atomic mass is 35.5. The minimum absolute atomic E-state index is 0.198. The molecule has 0 bridgehead atoms. The molecule has 1 heterocycles. The molecule has 0 radical (unpaired) electrons. The number of methoxy groups -OCH3 is 2. The van der Waals surface area contributed by atoms with Gasteiger partial charge in [-0.15, -0.1) is 0 Å². The lowest BCUT2D eigenvalue weighted by molar-refractivity contribution is 0.194. The first-order valence-electron chi connectivity index (χ1n) is 9.73. The number of halogens is 1. The number of urea groups is 1. The lowest BCUT2D eigenvalue weighted by Crippen LogP contribution is -2.43. The van der Waals surface area contributed by atoms with Crippen LogP contribution in [0.4, 0.5) is 10.5 Å². The lowest BCUT2D eigenvalue weighted by Gasteiger charge is -2.37. The Hall–Kier alpha value is -3.18. The minimum atomic E-state index is -0.205. The smallest absolute Gasteiger partial charge is 0.322 e. The maximum atomic E-state index is 13.4. The molecule has 1 N–H and O–H groups in total. The normalized spacial score (nSPS) is 15.3. The van der Waals surface area contributed by atoms with E-state index in [2.05, 4.69) is 17.4 Å². The summed E-state index contributed by atoms with van der Waals surface area (Å²) in [6.45, 7) is 0.600. The quantitative estimate of drug-likeness (QED) is 0.600. The Morgan fingerprint density at radius 1 is 1.03 bits per heavy atom. The number of amides is 2. The molecule has 154 valence electrons. The second-order valence-corrected chi connectivity index (χ2v) is 7.53. The van der Waals surface area contributed by atoms with Gasteiger partial charge in [-0.25, -0.2) is 4.79 Å². The van der Waals surface area contributed by atoms with Crippen LogP contribution in [0.1, 0.15) is 22.7 Å². The molecular weight excluding hydrogens is 400 g/mol. The Bertz CT molecular complexity index is 1050. The van der Waals surface area contributed by atoms with Crippen LogP contribution in [0.15, 0.2) is 66.7 Å². The fraction of sp³-hybridized carbons (Fsp3) is 0.208. The van der Waals surface area contributed by atoms with Gasteiger partial charge < -0.3 is 19.7 Å². The van der Waals surface area contributed by atoms with Crippen LogP contribution in [-0.2, 0) is 6.42 Å². The van der Waals surface area contributed by atoms with E-state index in [-0.39, 0.29) is 12.1 Å². The third-order valence-electron chi connectivity index (χ3n) is 5.38. The molecular formula is C24H23ClN2O3. The fourth-order valence-corrected chi connectivity index (χ4v) is 4.01. The summed E-state index contributed by atoms with van der Waals surface area (Å²) in [7, 11) is 3.16. The molecule has 4 rings (SSSR count). The van der Waals surface area contributed by atoms with Gasteiger partial charge in [-0.2, -0.15) is 0 Å². The monoisotopic (exact) mass is 422 g/mol. The van der Waals surface area contributed by atoms with E-state index in [1.165, 1.54) is 5.56 Å². The van der Waals surface area contributed by atoms with Crippen LogP contribution in [0, 0.1) is 0 Å². The van der Waals surface area contributed by atoms with Crippen molar-refractivity contribution in [2.45, 2.75) is 12.5 Å². The topological polar surface area (TPSA) is 50.8 Å².